The third-order valence-electron chi connectivity index (χ3n) is 19.4. The van der Waals surface area contributed by atoms with Crippen molar-refractivity contribution < 1.29 is 75.5 Å². The first-order valence-corrected chi connectivity index (χ1v) is 39.3. The Morgan fingerprint density at radius 3 is 1.09 bits per heavy atom. The van der Waals surface area contributed by atoms with Crippen LogP contribution in [0, 0.1) is 34.6 Å². The molecule has 566 valence electrons. The Morgan fingerprint density at radius 2 is 0.740 bits per heavy atom. The largest absolute Gasteiger partial charge is 1.00 e. The van der Waals surface area contributed by atoms with Crippen molar-refractivity contribution in [2.45, 2.75) is 333 Å². The van der Waals surface area contributed by atoms with Gasteiger partial charge in [0.1, 0.15) is 17.2 Å². The molecule has 0 bridgehead atoms. The Balaban J connectivity index is 0.000000368. The second kappa shape index (κ2) is 41.3. The van der Waals surface area contributed by atoms with Crippen molar-refractivity contribution in [2.75, 3.05) is 19.8 Å². The average Bonchev–Trinajstić information content (AvgIpc) is 1.59. The van der Waals surface area contributed by atoms with Crippen molar-refractivity contribution in [2.24, 2.45) is 0 Å². The van der Waals surface area contributed by atoms with Crippen LogP contribution in [0.15, 0.2) is 114 Å². The van der Waals surface area contributed by atoms with E-state index in [0.29, 0.717) is 0 Å². The minimum atomic E-state index is -0.518. The average molecular weight is 1480 g/mol. The number of ether oxygens (including phenoxy) is 6. The van der Waals surface area contributed by atoms with Gasteiger partial charge in [-0.3, -0.25) is 0 Å². The van der Waals surface area contributed by atoms with Crippen LogP contribution in [0.2, 0.25) is 0 Å². The monoisotopic (exact) mass is 1470 g/mol. The Morgan fingerprint density at radius 1 is 0.413 bits per heavy atom. The van der Waals surface area contributed by atoms with Gasteiger partial charge >= 0.3 is 44.8 Å². The number of unbranched alkanes of at least 4 members (excludes halogenated alkanes) is 2. The van der Waals surface area contributed by atoms with Crippen LogP contribution in [0.4, 0.5) is 0 Å². The summed E-state index contributed by atoms with van der Waals surface area (Å²) in [4.78, 5) is 0. The summed E-state index contributed by atoms with van der Waals surface area (Å²) >= 11 is 3.60. The minimum Gasteiger partial charge on any atom is -0.465 e. The van der Waals surface area contributed by atoms with Crippen molar-refractivity contribution in [3.63, 3.8) is 0 Å². The Labute approximate surface area is 668 Å². The van der Waals surface area contributed by atoms with E-state index in [9.17, 15) is 0 Å². The van der Waals surface area contributed by atoms with E-state index in [1.165, 1.54) is 80.2 Å². The van der Waals surface area contributed by atoms with E-state index in [2.05, 4.69) is 314 Å². The zero-order valence-corrected chi connectivity index (χ0v) is 72.7. The fraction of sp³-hybridized carbons (Fsp3) is 0.587. The summed E-state index contributed by atoms with van der Waals surface area (Å²) < 4.78 is 50.4. The second-order valence-corrected chi connectivity index (χ2v) is 36.8. The summed E-state index contributed by atoms with van der Waals surface area (Å²) in [6.07, 6.45) is 13.8. The van der Waals surface area contributed by atoms with Gasteiger partial charge in [-0.15, -0.1) is 0 Å². The molecule has 3 unspecified atom stereocenters. The molecule has 0 aliphatic carbocycles. The molecule has 8 nitrogen and oxygen atoms in total. The van der Waals surface area contributed by atoms with Gasteiger partial charge in [0.2, 0.25) is 0 Å². The van der Waals surface area contributed by atoms with Gasteiger partial charge in [0.05, 0.1) is 31.0 Å². The van der Waals surface area contributed by atoms with Gasteiger partial charge in [0.15, 0.2) is 18.9 Å². The van der Waals surface area contributed by atoms with Crippen LogP contribution in [0.3, 0.4) is 0 Å². The third kappa shape index (κ3) is 29.9. The maximum absolute atomic E-state index is 6.74. The molecule has 0 N–H and O–H groups in total. The summed E-state index contributed by atoms with van der Waals surface area (Å²) in [5, 5.41) is 0. The minimum absolute atomic E-state index is 0. The van der Waals surface area contributed by atoms with E-state index in [-0.39, 0.29) is 89.1 Å². The van der Waals surface area contributed by atoms with Gasteiger partial charge in [-0.2, -0.15) is 12.8 Å². The Bertz CT molecular complexity index is 3400. The number of hydrogen-bond acceptors (Lipinski definition) is 8. The topological polar surface area (TPSA) is 73.8 Å². The summed E-state index contributed by atoms with van der Waals surface area (Å²) in [7, 11) is -0.518. The van der Waals surface area contributed by atoms with Crippen LogP contribution in [0.1, 0.15) is 300 Å². The van der Waals surface area contributed by atoms with Crippen molar-refractivity contribution in [3.05, 3.63) is 178 Å². The van der Waals surface area contributed by atoms with Crippen molar-refractivity contribution >= 4 is 28.5 Å². The first-order valence-electron chi connectivity index (χ1n) is 38.5. The van der Waals surface area contributed by atoms with E-state index in [1.807, 2.05) is 12.1 Å². The molecule has 6 aromatic carbocycles. The van der Waals surface area contributed by atoms with E-state index >= 15 is 0 Å². The fourth-order valence-electron chi connectivity index (χ4n) is 11.5. The van der Waals surface area contributed by atoms with E-state index in [0.717, 1.165) is 123 Å². The van der Waals surface area contributed by atoms with Gasteiger partial charge in [0.25, 0.3) is 0 Å². The SMILES string of the molecule is CC(C)(C)c1cc(Br)cc(C(C)(C)C)c1.Cc1cc(B2OC(C)(C)C(C)(C)O2)c(OC2CCCCO2)c(-c2cc(C(C)(C)C)cc(C(C)(C)C)c2)c1.Cc1ccc(OC2CCCCO2)c(-c2cc(C(C)(C)C)cc(C(C)(C)C)c2)c1.Cc1ccc(OC2CCCCO2)cc1.[CH2-]CCC.[CH2-]CCC.[Li+].[Li+]. The third-order valence-corrected chi connectivity index (χ3v) is 19.9. The summed E-state index contributed by atoms with van der Waals surface area (Å²) in [6.45, 7) is 69.4. The molecule has 4 fully saturated rings. The molecule has 6 aromatic rings. The van der Waals surface area contributed by atoms with Crippen molar-refractivity contribution in [3.8, 4) is 39.5 Å². The molecule has 0 aromatic heterocycles. The van der Waals surface area contributed by atoms with Crippen LogP contribution >= 0.6 is 15.9 Å². The number of aryl methyl sites for hydroxylation is 3. The van der Waals surface area contributed by atoms with Gasteiger partial charge in [-0.25, -0.2) is 0 Å². The molecule has 0 amide bonds. The second-order valence-electron chi connectivity index (χ2n) is 35.9. The quantitative estimate of drug-likeness (QED) is 0.0938. The normalized spacial score (nSPS) is 18.1. The molecule has 0 saturated carbocycles. The molecule has 10 rings (SSSR count). The predicted molar refractivity (Wildman–Crippen MR) is 440 cm³/mol. The van der Waals surface area contributed by atoms with E-state index < -0.39 is 18.3 Å². The summed E-state index contributed by atoms with van der Waals surface area (Å²) in [6, 6.07) is 39.8. The van der Waals surface area contributed by atoms with Gasteiger partial charge < -0.3 is 51.6 Å². The molecule has 104 heavy (non-hydrogen) atoms. The fourth-order valence-corrected chi connectivity index (χ4v) is 12.0. The predicted octanol–water partition coefficient (Wildman–Crippen LogP) is 19.8. The maximum atomic E-state index is 6.74. The molecular formula is C92H138BBrLi2O8. The van der Waals surface area contributed by atoms with Crippen LogP contribution in [-0.4, -0.2) is 57.0 Å². The smallest absolute Gasteiger partial charge is 0.465 e. The molecule has 12 heteroatoms. The number of hydrogen-bond donors (Lipinski definition) is 0. The van der Waals surface area contributed by atoms with Crippen molar-refractivity contribution in [1.29, 1.82) is 0 Å². The zero-order chi connectivity index (χ0) is 76.4. The summed E-state index contributed by atoms with van der Waals surface area (Å²) in [5.41, 5.74) is 17.1. The molecular weight excluding hydrogens is 1340 g/mol. The van der Waals surface area contributed by atoms with E-state index in [4.69, 9.17) is 37.7 Å². The molecule has 4 aliphatic rings. The standard InChI is InChI=1S/C32H47BO4.C26H36O2.C14H21Br.C12H16O2.2C4H9.2Li/c1-21-16-25(22-18-23(29(2,3)4)20-24(19-22)30(5,6)7)28(35-27-14-12-13-15-34-27)26(17-21)33-36-31(8,9)32(10,11)37-33;1-18-11-12-23(28-24-10-8-9-13-27-24)22(14-18)19-15-20(25(2,3)4)17-21(16-19)26(5,6)7;1-13(2,3)10-7-11(14(4,5)6)9-12(15)8-10;1-10-5-7-11(8-6-10)14-12-4-2-3-9-13-12;2*1-3-4-2;;/h16-20,27H,12-15H2,1-11H3;11-12,14-17,24H,8-10,13H2,1-7H3;7-9H,1-6H3;5-8,12H,2-4,9H2,1H3;2*1,3-4H2,2H3;;/q;;;;2*-1;2*+1. The molecule has 4 heterocycles. The van der Waals surface area contributed by atoms with Crippen molar-refractivity contribution in [1.82, 2.24) is 0 Å². The number of benzene rings is 6. The first-order chi connectivity index (χ1) is 47.3. The van der Waals surface area contributed by atoms with Crippen LogP contribution in [-0.2, 0) is 56.0 Å². The molecule has 4 aliphatic heterocycles. The van der Waals surface area contributed by atoms with Crippen LogP contribution < -0.4 is 57.4 Å². The molecule has 0 spiro atoms. The molecule has 4 saturated heterocycles. The van der Waals surface area contributed by atoms with Gasteiger partial charge in [0, 0.05) is 40.3 Å². The van der Waals surface area contributed by atoms with Crippen LogP contribution in [0.25, 0.3) is 22.3 Å². The zero-order valence-electron chi connectivity index (χ0n) is 71.1. The maximum Gasteiger partial charge on any atom is 1.00 e. The van der Waals surface area contributed by atoms with Gasteiger partial charge in [-0.1, -0.05) is 251 Å². The summed E-state index contributed by atoms with van der Waals surface area (Å²) in [5.74, 6) is 2.63. The van der Waals surface area contributed by atoms with Gasteiger partial charge in [-0.05, 0) is 206 Å². The molecule has 3 atom stereocenters. The number of halogens is 1. The van der Waals surface area contributed by atoms with Crippen LogP contribution in [0.5, 0.6) is 17.2 Å². The molecule has 0 radical (unpaired) electrons. The number of rotatable bonds is 11. The first kappa shape index (κ1) is 94.5. The van der Waals surface area contributed by atoms with E-state index in [1.54, 1.807) is 0 Å². The Hall–Kier alpha value is -3.74. The Kier molecular flexibility index (Phi) is 37.5.